The maximum Gasteiger partial charge on any atom is 0.242 e. The fourth-order valence-electron chi connectivity index (χ4n) is 2.90. The van der Waals surface area contributed by atoms with Gasteiger partial charge in [-0.3, -0.25) is 9.59 Å². The Balaban J connectivity index is 2.08. The predicted octanol–water partition coefficient (Wildman–Crippen LogP) is 4.83. The molecule has 4 nitrogen and oxygen atoms in total. The predicted molar refractivity (Wildman–Crippen MR) is 122 cm³/mol. The van der Waals surface area contributed by atoms with E-state index in [1.54, 1.807) is 11.8 Å². The number of thioether (sulfide) groups is 1. The molecular formula is C23H29ClN2O2S. The Morgan fingerprint density at radius 1 is 1.10 bits per heavy atom. The number of hydrogen-bond acceptors (Lipinski definition) is 3. The Bertz CT molecular complexity index is 828. The molecule has 2 aromatic rings. The molecule has 0 aliphatic heterocycles. The van der Waals surface area contributed by atoms with Crippen LogP contribution in [-0.2, 0) is 21.9 Å². The number of halogens is 1. The Morgan fingerprint density at radius 2 is 1.76 bits per heavy atom. The van der Waals surface area contributed by atoms with E-state index in [9.17, 15) is 9.59 Å². The first-order chi connectivity index (χ1) is 13.9. The van der Waals surface area contributed by atoms with E-state index in [-0.39, 0.29) is 11.8 Å². The molecule has 0 aliphatic rings. The highest BCUT2D eigenvalue weighted by Gasteiger charge is 2.26. The summed E-state index contributed by atoms with van der Waals surface area (Å²) in [6.45, 7) is 6.84. The van der Waals surface area contributed by atoms with Crippen LogP contribution in [0.3, 0.4) is 0 Å². The fraction of sp³-hybridized carbons (Fsp3) is 0.391. The molecule has 0 spiro atoms. The van der Waals surface area contributed by atoms with Gasteiger partial charge in [0.25, 0.3) is 0 Å². The van der Waals surface area contributed by atoms with Crippen molar-refractivity contribution in [2.24, 2.45) is 0 Å². The number of carbonyl (C=O) groups excluding carboxylic acids is 2. The molecule has 0 heterocycles. The highest BCUT2D eigenvalue weighted by molar-refractivity contribution is 7.99. The Hall–Kier alpha value is -1.98. The lowest BCUT2D eigenvalue weighted by molar-refractivity contribution is -0.138. The molecule has 1 atom stereocenters. The van der Waals surface area contributed by atoms with Crippen LogP contribution in [0.1, 0.15) is 37.0 Å². The molecule has 0 fully saturated rings. The molecule has 2 rings (SSSR count). The molecule has 0 radical (unpaired) electrons. The standard InChI is InChI=1S/C23H29ClN2O2S/c1-4-13-25-23(28)18(3)26(14-19-10-6-5-9-17(19)2)22(27)16-29-15-20-11-7-8-12-21(20)24/h5-12,18H,4,13-16H2,1-3H3,(H,25,28)/t18-/m1/s1. The van der Waals surface area contributed by atoms with Crippen LogP contribution in [0, 0.1) is 6.92 Å². The van der Waals surface area contributed by atoms with Crippen LogP contribution in [0.2, 0.25) is 5.02 Å². The van der Waals surface area contributed by atoms with Gasteiger partial charge in [-0.1, -0.05) is 61.0 Å². The van der Waals surface area contributed by atoms with E-state index in [0.717, 1.165) is 23.1 Å². The van der Waals surface area contributed by atoms with Gasteiger partial charge in [0.2, 0.25) is 11.8 Å². The third kappa shape index (κ3) is 7.09. The van der Waals surface area contributed by atoms with Gasteiger partial charge in [-0.25, -0.2) is 0 Å². The lowest BCUT2D eigenvalue weighted by Crippen LogP contribution is -2.48. The SMILES string of the molecule is CCCNC(=O)[C@@H](C)N(Cc1ccccc1C)C(=O)CSCc1ccccc1Cl. The molecule has 156 valence electrons. The molecule has 0 saturated carbocycles. The van der Waals surface area contributed by atoms with Gasteiger partial charge in [-0.15, -0.1) is 11.8 Å². The minimum atomic E-state index is -0.533. The van der Waals surface area contributed by atoms with E-state index in [0.29, 0.717) is 29.6 Å². The summed E-state index contributed by atoms with van der Waals surface area (Å²) >= 11 is 7.72. The van der Waals surface area contributed by atoms with Crippen LogP contribution in [0.25, 0.3) is 0 Å². The summed E-state index contributed by atoms with van der Waals surface area (Å²) in [6, 6.07) is 15.1. The first-order valence-electron chi connectivity index (χ1n) is 9.86. The topological polar surface area (TPSA) is 49.4 Å². The average Bonchev–Trinajstić information content (AvgIpc) is 2.72. The molecule has 0 saturated heterocycles. The molecule has 2 aromatic carbocycles. The number of nitrogens with one attached hydrogen (secondary N) is 1. The van der Waals surface area contributed by atoms with Crippen molar-refractivity contribution in [3.05, 3.63) is 70.2 Å². The van der Waals surface area contributed by atoms with Gasteiger partial charge in [0.15, 0.2) is 0 Å². The number of carbonyl (C=O) groups is 2. The molecule has 0 bridgehead atoms. The normalized spacial score (nSPS) is 11.7. The minimum Gasteiger partial charge on any atom is -0.354 e. The highest BCUT2D eigenvalue weighted by Crippen LogP contribution is 2.22. The van der Waals surface area contributed by atoms with Gasteiger partial charge in [0.05, 0.1) is 5.75 Å². The molecule has 6 heteroatoms. The summed E-state index contributed by atoms with van der Waals surface area (Å²) in [5.41, 5.74) is 3.16. The van der Waals surface area contributed by atoms with Crippen molar-refractivity contribution in [3.63, 3.8) is 0 Å². The fourth-order valence-corrected chi connectivity index (χ4v) is 4.09. The van der Waals surface area contributed by atoms with Crippen LogP contribution in [0.5, 0.6) is 0 Å². The Kier molecular flexibility index (Phi) is 9.55. The van der Waals surface area contributed by atoms with E-state index >= 15 is 0 Å². The number of aryl methyl sites for hydroxylation is 1. The first kappa shape index (κ1) is 23.3. The van der Waals surface area contributed by atoms with Gasteiger partial charge in [-0.2, -0.15) is 0 Å². The van der Waals surface area contributed by atoms with Crippen LogP contribution in [-0.4, -0.2) is 35.1 Å². The lowest BCUT2D eigenvalue weighted by atomic mass is 10.1. The van der Waals surface area contributed by atoms with Crippen molar-refractivity contribution >= 4 is 35.2 Å². The molecule has 0 aliphatic carbocycles. The maximum absolute atomic E-state index is 13.0. The zero-order valence-electron chi connectivity index (χ0n) is 17.3. The van der Waals surface area contributed by atoms with Crippen molar-refractivity contribution in [2.75, 3.05) is 12.3 Å². The number of amides is 2. The van der Waals surface area contributed by atoms with Crippen molar-refractivity contribution in [3.8, 4) is 0 Å². The zero-order chi connectivity index (χ0) is 21.2. The van der Waals surface area contributed by atoms with Crippen LogP contribution in [0.15, 0.2) is 48.5 Å². The Morgan fingerprint density at radius 3 is 2.41 bits per heavy atom. The highest BCUT2D eigenvalue weighted by atomic mass is 35.5. The van der Waals surface area contributed by atoms with Crippen molar-refractivity contribution in [1.29, 1.82) is 0 Å². The molecule has 0 aromatic heterocycles. The van der Waals surface area contributed by atoms with Crippen molar-refractivity contribution in [1.82, 2.24) is 10.2 Å². The molecule has 29 heavy (non-hydrogen) atoms. The molecular weight excluding hydrogens is 404 g/mol. The quantitative estimate of drug-likeness (QED) is 0.585. The molecule has 0 unspecified atom stereocenters. The van der Waals surface area contributed by atoms with Gasteiger partial charge in [-0.05, 0) is 43.0 Å². The van der Waals surface area contributed by atoms with E-state index in [1.165, 1.54) is 11.8 Å². The number of rotatable bonds is 10. The summed E-state index contributed by atoms with van der Waals surface area (Å²) in [5, 5.41) is 3.61. The summed E-state index contributed by atoms with van der Waals surface area (Å²) in [7, 11) is 0. The number of benzene rings is 2. The number of nitrogens with zero attached hydrogens (tertiary/aromatic N) is 1. The molecule has 2 amide bonds. The molecule has 1 N–H and O–H groups in total. The van der Waals surface area contributed by atoms with Crippen LogP contribution in [0.4, 0.5) is 0 Å². The third-order valence-electron chi connectivity index (χ3n) is 4.76. The van der Waals surface area contributed by atoms with E-state index in [2.05, 4.69) is 5.32 Å². The van der Waals surface area contributed by atoms with Crippen LogP contribution < -0.4 is 5.32 Å². The van der Waals surface area contributed by atoms with Crippen LogP contribution >= 0.6 is 23.4 Å². The summed E-state index contributed by atoms with van der Waals surface area (Å²) in [5.74, 6) is 0.775. The second-order valence-corrected chi connectivity index (χ2v) is 8.39. The third-order valence-corrected chi connectivity index (χ3v) is 6.09. The second kappa shape index (κ2) is 11.9. The average molecular weight is 433 g/mol. The van der Waals surface area contributed by atoms with Crippen molar-refractivity contribution in [2.45, 2.75) is 45.5 Å². The Labute approximate surface area is 183 Å². The van der Waals surface area contributed by atoms with Gasteiger partial charge in [0, 0.05) is 23.9 Å². The van der Waals surface area contributed by atoms with E-state index < -0.39 is 6.04 Å². The second-order valence-electron chi connectivity index (χ2n) is 7.00. The van der Waals surface area contributed by atoms with E-state index in [1.807, 2.05) is 62.4 Å². The number of hydrogen-bond donors (Lipinski definition) is 1. The van der Waals surface area contributed by atoms with Gasteiger partial charge >= 0.3 is 0 Å². The largest absolute Gasteiger partial charge is 0.354 e. The monoisotopic (exact) mass is 432 g/mol. The first-order valence-corrected chi connectivity index (χ1v) is 11.4. The lowest BCUT2D eigenvalue weighted by Gasteiger charge is -2.29. The maximum atomic E-state index is 13.0. The smallest absolute Gasteiger partial charge is 0.242 e. The zero-order valence-corrected chi connectivity index (χ0v) is 18.9. The minimum absolute atomic E-state index is 0.0514. The summed E-state index contributed by atoms with van der Waals surface area (Å²) < 4.78 is 0. The van der Waals surface area contributed by atoms with Crippen molar-refractivity contribution < 1.29 is 9.59 Å². The van der Waals surface area contributed by atoms with E-state index in [4.69, 9.17) is 11.6 Å². The summed E-state index contributed by atoms with van der Waals surface area (Å²) in [4.78, 5) is 27.3. The van der Waals surface area contributed by atoms with Gasteiger partial charge in [0.1, 0.15) is 6.04 Å². The summed E-state index contributed by atoms with van der Waals surface area (Å²) in [6.07, 6.45) is 0.859. The van der Waals surface area contributed by atoms with Gasteiger partial charge < -0.3 is 10.2 Å².